The Balaban J connectivity index is 2.98. The molecule has 0 aliphatic heterocycles. The molecule has 0 radical (unpaired) electrons. The predicted molar refractivity (Wildman–Crippen MR) is 57.1 cm³/mol. The van der Waals surface area contributed by atoms with Crippen molar-refractivity contribution in [2.75, 3.05) is 6.61 Å². The quantitative estimate of drug-likeness (QED) is 0.603. The van der Waals surface area contributed by atoms with Gasteiger partial charge in [0, 0.05) is 5.56 Å². The van der Waals surface area contributed by atoms with Crippen molar-refractivity contribution in [3.8, 4) is 0 Å². The fourth-order valence-corrected chi connectivity index (χ4v) is 1.41. The molecule has 86 valence electrons. The Morgan fingerprint density at radius 3 is 2.81 bits per heavy atom. The lowest BCUT2D eigenvalue weighted by molar-refractivity contribution is -0.142. The van der Waals surface area contributed by atoms with E-state index in [1.54, 1.807) is 6.92 Å². The van der Waals surface area contributed by atoms with Crippen LogP contribution in [0.5, 0.6) is 0 Å². The number of aldehydes is 1. The van der Waals surface area contributed by atoms with Gasteiger partial charge in [0.25, 0.3) is 0 Å². The monoisotopic (exact) mass is 244 g/mol. The minimum absolute atomic E-state index is 0.143. The van der Waals surface area contributed by atoms with E-state index in [-0.39, 0.29) is 29.2 Å². The number of esters is 1. The molecule has 1 aromatic carbocycles. The van der Waals surface area contributed by atoms with E-state index in [1.165, 1.54) is 6.07 Å². The first kappa shape index (κ1) is 12.6. The third-order valence-electron chi connectivity index (χ3n) is 1.95. The molecule has 0 spiro atoms. The summed E-state index contributed by atoms with van der Waals surface area (Å²) in [6, 6.07) is 2.27. The largest absolute Gasteiger partial charge is 0.466 e. The summed E-state index contributed by atoms with van der Waals surface area (Å²) in [4.78, 5) is 21.9. The molecule has 0 fully saturated rings. The Morgan fingerprint density at radius 2 is 2.25 bits per heavy atom. The summed E-state index contributed by atoms with van der Waals surface area (Å²) < 4.78 is 17.8. The highest BCUT2D eigenvalue weighted by Crippen LogP contribution is 2.20. The average molecular weight is 245 g/mol. The first-order chi connectivity index (χ1) is 7.58. The van der Waals surface area contributed by atoms with Crippen molar-refractivity contribution in [3.63, 3.8) is 0 Å². The molecule has 16 heavy (non-hydrogen) atoms. The number of ether oxygens (including phenoxy) is 1. The van der Waals surface area contributed by atoms with Gasteiger partial charge in [0.05, 0.1) is 18.1 Å². The molecule has 0 saturated carbocycles. The van der Waals surface area contributed by atoms with Crippen LogP contribution in [0, 0.1) is 5.82 Å². The Bertz CT molecular complexity index is 418. The first-order valence-electron chi connectivity index (χ1n) is 4.67. The molecule has 0 saturated heterocycles. The van der Waals surface area contributed by atoms with Gasteiger partial charge < -0.3 is 4.74 Å². The van der Waals surface area contributed by atoms with Gasteiger partial charge >= 0.3 is 5.97 Å². The summed E-state index contributed by atoms with van der Waals surface area (Å²) in [6.45, 7) is 1.91. The average Bonchev–Trinajstić information content (AvgIpc) is 2.23. The lowest BCUT2D eigenvalue weighted by Crippen LogP contribution is -2.09. The van der Waals surface area contributed by atoms with Gasteiger partial charge in [0.15, 0.2) is 0 Å². The highest BCUT2D eigenvalue weighted by molar-refractivity contribution is 6.31. The van der Waals surface area contributed by atoms with Gasteiger partial charge in [-0.25, -0.2) is 4.39 Å². The van der Waals surface area contributed by atoms with Gasteiger partial charge in [-0.15, -0.1) is 0 Å². The fraction of sp³-hybridized carbons (Fsp3) is 0.273. The zero-order chi connectivity index (χ0) is 12.1. The summed E-state index contributed by atoms with van der Waals surface area (Å²) in [6.07, 6.45) is 0.385. The summed E-state index contributed by atoms with van der Waals surface area (Å²) in [7, 11) is 0. The molecular weight excluding hydrogens is 235 g/mol. The van der Waals surface area contributed by atoms with Crippen molar-refractivity contribution < 1.29 is 18.7 Å². The maximum absolute atomic E-state index is 13.1. The van der Waals surface area contributed by atoms with E-state index in [1.807, 2.05) is 0 Å². The Labute approximate surface area is 97.2 Å². The van der Waals surface area contributed by atoms with E-state index < -0.39 is 11.8 Å². The van der Waals surface area contributed by atoms with Crippen LogP contribution in [-0.4, -0.2) is 18.9 Å². The Kier molecular flexibility index (Phi) is 4.43. The topological polar surface area (TPSA) is 43.4 Å². The number of hydrogen-bond acceptors (Lipinski definition) is 3. The van der Waals surface area contributed by atoms with Crippen molar-refractivity contribution in [3.05, 3.63) is 34.1 Å². The maximum atomic E-state index is 13.1. The van der Waals surface area contributed by atoms with Crippen LogP contribution >= 0.6 is 11.6 Å². The number of carbonyl (C=O) groups excluding carboxylic acids is 2. The summed E-state index contributed by atoms with van der Waals surface area (Å²) in [5, 5.41) is -0.144. The standard InChI is InChI=1S/C11H10ClFO3/c1-2-16-11(15)5-7-4-10(13)9(12)3-8(7)6-14/h3-4,6H,2,5H2,1H3. The molecule has 1 rings (SSSR count). The number of hydrogen-bond donors (Lipinski definition) is 0. The molecule has 0 bridgehead atoms. The molecule has 0 amide bonds. The van der Waals surface area contributed by atoms with E-state index in [2.05, 4.69) is 0 Å². The molecule has 0 aliphatic rings. The van der Waals surface area contributed by atoms with Crippen LogP contribution in [0.3, 0.4) is 0 Å². The van der Waals surface area contributed by atoms with Gasteiger partial charge in [0.1, 0.15) is 12.1 Å². The van der Waals surface area contributed by atoms with Crippen molar-refractivity contribution in [1.29, 1.82) is 0 Å². The third-order valence-corrected chi connectivity index (χ3v) is 2.24. The van der Waals surface area contributed by atoms with Crippen LogP contribution in [0.1, 0.15) is 22.8 Å². The van der Waals surface area contributed by atoms with Gasteiger partial charge in [-0.3, -0.25) is 9.59 Å². The van der Waals surface area contributed by atoms with Crippen LogP contribution < -0.4 is 0 Å². The molecule has 0 atom stereocenters. The zero-order valence-corrected chi connectivity index (χ0v) is 9.38. The van der Waals surface area contributed by atoms with Gasteiger partial charge in [-0.2, -0.15) is 0 Å². The van der Waals surface area contributed by atoms with Crippen LogP contribution in [0.15, 0.2) is 12.1 Å². The van der Waals surface area contributed by atoms with Gasteiger partial charge in [-0.1, -0.05) is 11.6 Å². The van der Waals surface area contributed by atoms with E-state index in [0.29, 0.717) is 6.29 Å². The smallest absolute Gasteiger partial charge is 0.310 e. The first-order valence-corrected chi connectivity index (χ1v) is 5.05. The molecule has 0 heterocycles. The minimum atomic E-state index is -0.661. The molecule has 0 N–H and O–H groups in total. The van der Waals surface area contributed by atoms with Crippen LogP contribution in [0.2, 0.25) is 5.02 Å². The minimum Gasteiger partial charge on any atom is -0.466 e. The molecule has 0 aliphatic carbocycles. The zero-order valence-electron chi connectivity index (χ0n) is 8.63. The Morgan fingerprint density at radius 1 is 1.56 bits per heavy atom. The second-order valence-corrected chi connectivity index (χ2v) is 3.47. The highest BCUT2D eigenvalue weighted by Gasteiger charge is 2.12. The third kappa shape index (κ3) is 3.03. The molecular formula is C11H10ClFO3. The van der Waals surface area contributed by atoms with Gasteiger partial charge in [-0.05, 0) is 24.6 Å². The number of benzene rings is 1. The lowest BCUT2D eigenvalue weighted by atomic mass is 10.1. The van der Waals surface area contributed by atoms with Gasteiger partial charge in [0.2, 0.25) is 0 Å². The normalized spacial score (nSPS) is 9.94. The highest BCUT2D eigenvalue weighted by atomic mass is 35.5. The SMILES string of the molecule is CCOC(=O)Cc1cc(F)c(Cl)cc1C=O. The number of carbonyl (C=O) groups is 2. The fourth-order valence-electron chi connectivity index (χ4n) is 1.23. The van der Waals surface area contributed by atoms with Crippen LogP contribution in [-0.2, 0) is 16.0 Å². The second-order valence-electron chi connectivity index (χ2n) is 3.06. The molecule has 5 heteroatoms. The number of rotatable bonds is 4. The summed E-state index contributed by atoms with van der Waals surface area (Å²) >= 11 is 5.51. The Hall–Kier alpha value is -1.42. The van der Waals surface area contributed by atoms with Crippen LogP contribution in [0.25, 0.3) is 0 Å². The van der Waals surface area contributed by atoms with E-state index in [4.69, 9.17) is 16.3 Å². The van der Waals surface area contributed by atoms with Crippen LogP contribution in [0.4, 0.5) is 4.39 Å². The van der Waals surface area contributed by atoms with Crippen molar-refractivity contribution in [2.24, 2.45) is 0 Å². The van der Waals surface area contributed by atoms with Crippen molar-refractivity contribution in [2.45, 2.75) is 13.3 Å². The van der Waals surface area contributed by atoms with Crippen molar-refractivity contribution >= 4 is 23.9 Å². The number of halogens is 2. The summed E-state index contributed by atoms with van der Waals surface area (Å²) in [5.41, 5.74) is 0.467. The predicted octanol–water partition coefficient (Wildman–Crippen LogP) is 2.40. The molecule has 1 aromatic rings. The van der Waals surface area contributed by atoms with E-state index in [0.717, 1.165) is 6.07 Å². The van der Waals surface area contributed by atoms with E-state index in [9.17, 15) is 14.0 Å². The molecule has 3 nitrogen and oxygen atoms in total. The summed E-state index contributed by atoms with van der Waals surface area (Å²) in [5.74, 6) is -1.17. The lowest BCUT2D eigenvalue weighted by Gasteiger charge is -2.06. The van der Waals surface area contributed by atoms with Crippen molar-refractivity contribution in [1.82, 2.24) is 0 Å². The maximum Gasteiger partial charge on any atom is 0.310 e. The molecule has 0 aromatic heterocycles. The molecule has 0 unspecified atom stereocenters. The second kappa shape index (κ2) is 5.61. The van der Waals surface area contributed by atoms with E-state index >= 15 is 0 Å².